The predicted octanol–water partition coefficient (Wildman–Crippen LogP) is 6.43. The molecule has 0 heterocycles. The average molecular weight is 603 g/mol. The molecule has 4 aromatic carbocycles. The second-order valence-corrected chi connectivity index (χ2v) is 10.0. The summed E-state index contributed by atoms with van der Waals surface area (Å²) in [6.07, 6.45) is 12.1. The molecule has 0 aliphatic rings. The van der Waals surface area contributed by atoms with Crippen LogP contribution in [0.5, 0.6) is 0 Å². The third kappa shape index (κ3) is 6.77. The smallest absolute Gasteiger partial charge is 0.216 e. The first-order valence-electron chi connectivity index (χ1n) is 14.4. The topological polar surface area (TPSA) is 36.9 Å². The van der Waals surface area contributed by atoms with Gasteiger partial charge in [0, 0.05) is 50.7 Å². The van der Waals surface area contributed by atoms with Gasteiger partial charge in [-0.1, -0.05) is 133 Å². The van der Waals surface area contributed by atoms with Gasteiger partial charge in [0.25, 0.3) is 0 Å². The second-order valence-electron chi connectivity index (χ2n) is 10.0. The Balaban J connectivity index is 2.01. The highest BCUT2D eigenvalue weighted by molar-refractivity contribution is 5.52. The van der Waals surface area contributed by atoms with Crippen LogP contribution in [-0.2, 0) is 41.4 Å². The summed E-state index contributed by atoms with van der Waals surface area (Å²) in [7, 11) is 6.11. The summed E-state index contributed by atoms with van der Waals surface area (Å²) in [6, 6.07) is 37.6. The van der Waals surface area contributed by atoms with Gasteiger partial charge in [-0.2, -0.15) is 0 Å². The number of methoxy groups -OCH3 is 4. The summed E-state index contributed by atoms with van der Waals surface area (Å²) < 4.78 is 24.0. The molecule has 4 unspecified atom stereocenters. The van der Waals surface area contributed by atoms with Gasteiger partial charge in [0.15, 0.2) is 0 Å². The molecule has 0 radical (unpaired) electrons. The van der Waals surface area contributed by atoms with Crippen LogP contribution in [0.15, 0.2) is 121 Å². The molecule has 0 amide bonds. The summed E-state index contributed by atoms with van der Waals surface area (Å²) in [6.45, 7) is 0. The van der Waals surface area contributed by atoms with Gasteiger partial charge in [-0.3, -0.25) is 0 Å². The number of rotatable bonds is 8. The van der Waals surface area contributed by atoms with E-state index in [1.165, 1.54) is 28.4 Å². The maximum Gasteiger partial charge on any atom is 0.216 e. The van der Waals surface area contributed by atoms with Crippen molar-refractivity contribution in [2.75, 3.05) is 28.4 Å². The Morgan fingerprint density at radius 2 is 0.543 bits per heavy atom. The first kappa shape index (κ1) is 33.4. The van der Waals surface area contributed by atoms with E-state index in [2.05, 4.69) is 47.4 Å². The average Bonchev–Trinajstić information content (AvgIpc) is 3.15. The Morgan fingerprint density at radius 1 is 0.348 bits per heavy atom. The highest BCUT2D eigenvalue weighted by Gasteiger charge is 2.36. The van der Waals surface area contributed by atoms with E-state index in [1.54, 1.807) is 0 Å². The minimum absolute atomic E-state index is 0.678. The van der Waals surface area contributed by atoms with E-state index in [4.69, 9.17) is 31.8 Å². The van der Waals surface area contributed by atoms with Gasteiger partial charge in [-0.25, -0.2) is 0 Å². The van der Waals surface area contributed by atoms with E-state index in [-0.39, 0.29) is 0 Å². The fourth-order valence-electron chi connectivity index (χ4n) is 4.85. The minimum atomic E-state index is -1.47. The van der Waals surface area contributed by atoms with Gasteiger partial charge in [0.05, 0.1) is 0 Å². The molecular weight excluding hydrogens is 568 g/mol. The van der Waals surface area contributed by atoms with Gasteiger partial charge in [-0.05, 0) is 35.5 Å². The largest absolute Gasteiger partial charge is 0.351 e. The molecule has 0 aromatic heterocycles. The van der Waals surface area contributed by atoms with Crippen molar-refractivity contribution in [2.24, 2.45) is 0 Å². The predicted molar refractivity (Wildman–Crippen MR) is 182 cm³/mol. The van der Waals surface area contributed by atoms with Crippen LogP contribution >= 0.6 is 0 Å². The van der Waals surface area contributed by atoms with Crippen molar-refractivity contribution in [3.05, 3.63) is 144 Å². The molecule has 4 aromatic rings. The second kappa shape index (κ2) is 15.0. The quantitative estimate of drug-likeness (QED) is 0.218. The molecule has 0 fully saturated rings. The molecule has 0 aliphatic heterocycles. The van der Waals surface area contributed by atoms with Crippen LogP contribution in [0.25, 0.3) is 0 Å². The monoisotopic (exact) mass is 602 g/mol. The summed E-state index contributed by atoms with van der Waals surface area (Å²) in [5.41, 5.74) is -2.91. The van der Waals surface area contributed by atoms with Crippen molar-refractivity contribution in [2.45, 2.75) is 22.4 Å². The fourth-order valence-corrected chi connectivity index (χ4v) is 4.85. The molecule has 0 bridgehead atoms. The molecule has 0 spiro atoms. The Labute approximate surface area is 273 Å². The van der Waals surface area contributed by atoms with E-state index < -0.39 is 22.4 Å². The van der Waals surface area contributed by atoms with Crippen molar-refractivity contribution in [3.8, 4) is 60.2 Å². The zero-order valence-electron chi connectivity index (χ0n) is 26.3. The summed E-state index contributed by atoms with van der Waals surface area (Å²) in [4.78, 5) is 0. The lowest BCUT2D eigenvalue weighted by Crippen LogP contribution is -2.31. The maximum absolute atomic E-state index is 6.15. The lowest BCUT2D eigenvalue weighted by atomic mass is 9.87. The van der Waals surface area contributed by atoms with Gasteiger partial charge in [0.1, 0.15) is 0 Å². The molecule has 4 nitrogen and oxygen atoms in total. The van der Waals surface area contributed by atoms with E-state index in [1.807, 2.05) is 121 Å². The summed E-state index contributed by atoms with van der Waals surface area (Å²) >= 11 is 0. The highest BCUT2D eigenvalue weighted by atomic mass is 16.5. The van der Waals surface area contributed by atoms with Crippen LogP contribution in [0.3, 0.4) is 0 Å². The SMILES string of the molecule is C#CC(C#CC(C#CC(C#CC(C#C)(OC)c1ccccc1)(OC)c1ccccc1)(OC)c1ccccc1)(OC)c1ccccc1. The lowest BCUT2D eigenvalue weighted by molar-refractivity contribution is 0.0742. The van der Waals surface area contributed by atoms with Crippen LogP contribution < -0.4 is 0 Å². The number of benzene rings is 4. The van der Waals surface area contributed by atoms with Crippen molar-refractivity contribution in [3.63, 3.8) is 0 Å². The molecule has 46 heavy (non-hydrogen) atoms. The number of ether oxygens (including phenoxy) is 4. The molecule has 0 saturated heterocycles. The van der Waals surface area contributed by atoms with Crippen molar-refractivity contribution >= 4 is 0 Å². The molecule has 0 N–H and O–H groups in total. The van der Waals surface area contributed by atoms with Gasteiger partial charge < -0.3 is 18.9 Å². The standard InChI is InChI=1S/C42H34O4/c1-7-39(43-3,35-21-13-9-14-22-35)29-31-41(45-5,37-25-17-11-18-26-37)33-34-42(46-6,38-27-19-12-20-28-38)32-30-40(8-2,44-4)36-23-15-10-16-24-36/h1-2,9-28H,3-6H3. The fraction of sp³-hybridized carbons (Fsp3) is 0.190. The lowest BCUT2D eigenvalue weighted by Gasteiger charge is -2.27. The van der Waals surface area contributed by atoms with Crippen LogP contribution in [0, 0.1) is 60.2 Å². The highest BCUT2D eigenvalue weighted by Crippen LogP contribution is 2.31. The normalized spacial score (nSPS) is 15.4. The summed E-state index contributed by atoms with van der Waals surface area (Å²) in [5, 5.41) is 0. The van der Waals surface area contributed by atoms with Crippen molar-refractivity contribution in [1.82, 2.24) is 0 Å². The van der Waals surface area contributed by atoms with Gasteiger partial charge >= 0.3 is 0 Å². The van der Waals surface area contributed by atoms with E-state index in [0.717, 1.165) is 0 Å². The molecule has 226 valence electrons. The van der Waals surface area contributed by atoms with Crippen molar-refractivity contribution in [1.29, 1.82) is 0 Å². The maximum atomic E-state index is 6.15. The molecule has 4 rings (SSSR count). The Bertz CT molecular complexity index is 1730. The third-order valence-corrected chi connectivity index (χ3v) is 7.60. The first-order chi connectivity index (χ1) is 22.4. The van der Waals surface area contributed by atoms with Crippen LogP contribution in [0.2, 0.25) is 0 Å². The van der Waals surface area contributed by atoms with Gasteiger partial charge in [-0.15, -0.1) is 12.8 Å². The zero-order valence-corrected chi connectivity index (χ0v) is 26.3. The first-order valence-corrected chi connectivity index (χ1v) is 14.4. The molecule has 4 atom stereocenters. The molecule has 0 saturated carbocycles. The Hall–Kier alpha value is -5.48. The molecular formula is C42H34O4. The third-order valence-electron chi connectivity index (χ3n) is 7.60. The minimum Gasteiger partial charge on any atom is -0.351 e. The summed E-state index contributed by atoms with van der Waals surface area (Å²) in [5.74, 6) is 24.8. The van der Waals surface area contributed by atoms with E-state index in [9.17, 15) is 0 Å². The zero-order chi connectivity index (χ0) is 32.9. The van der Waals surface area contributed by atoms with E-state index >= 15 is 0 Å². The number of terminal acetylenes is 2. The van der Waals surface area contributed by atoms with E-state index in [0.29, 0.717) is 22.3 Å². The Morgan fingerprint density at radius 3 is 0.739 bits per heavy atom. The molecule has 4 heteroatoms. The Kier molecular flexibility index (Phi) is 10.9. The van der Waals surface area contributed by atoms with Crippen LogP contribution in [-0.4, -0.2) is 28.4 Å². The van der Waals surface area contributed by atoms with Crippen LogP contribution in [0.1, 0.15) is 22.3 Å². The number of hydrogen-bond donors (Lipinski definition) is 0. The van der Waals surface area contributed by atoms with Crippen molar-refractivity contribution < 1.29 is 18.9 Å². The van der Waals surface area contributed by atoms with Crippen LogP contribution in [0.4, 0.5) is 0 Å². The van der Waals surface area contributed by atoms with Gasteiger partial charge in [0.2, 0.25) is 22.4 Å². The molecule has 0 aliphatic carbocycles. The number of hydrogen-bond acceptors (Lipinski definition) is 4.